The van der Waals surface area contributed by atoms with Gasteiger partial charge in [0.15, 0.2) is 0 Å². The third-order valence-electron chi connectivity index (χ3n) is 1.97. The topological polar surface area (TPSA) is 34.1 Å². The number of carbonyl (C=O) groups is 2. The second-order valence-corrected chi connectivity index (χ2v) is 10.4. The van der Waals surface area contributed by atoms with Crippen molar-refractivity contribution >= 4 is 103 Å². The summed E-state index contributed by atoms with van der Waals surface area (Å²) in [6.45, 7) is 0. The maximum Gasteiger partial charge on any atom is 0.259 e. The number of alkyl halides is 6. The van der Waals surface area contributed by atoms with Crippen LogP contribution in [0.4, 0.5) is 0 Å². The van der Waals surface area contributed by atoms with Crippen molar-refractivity contribution in [2.45, 2.75) is 33.3 Å². The Hall–Kier alpha value is 1.78. The first-order chi connectivity index (χ1) is 9.05. The van der Waals surface area contributed by atoms with E-state index in [1.54, 1.807) is 0 Å². The third kappa shape index (κ3) is 11.4. The highest BCUT2D eigenvalue weighted by atomic mass is 35.6. The van der Waals surface area contributed by atoms with Crippen molar-refractivity contribution in [3.63, 3.8) is 0 Å². The van der Waals surface area contributed by atoms with Gasteiger partial charge >= 0.3 is 0 Å². The van der Waals surface area contributed by atoms with Crippen molar-refractivity contribution in [3.8, 4) is 0 Å². The molecule has 0 aliphatic rings. The molecule has 0 bridgehead atoms. The van der Waals surface area contributed by atoms with Gasteiger partial charge in [0.05, 0.1) is 0 Å². The van der Waals surface area contributed by atoms with Crippen LogP contribution >= 0.6 is 93.1 Å². The van der Waals surface area contributed by atoms with Crippen LogP contribution in [-0.2, 0) is 9.59 Å². The predicted molar refractivity (Wildman–Crippen MR) is 94.0 cm³/mol. The number of hydrogen-bond acceptors (Lipinski definition) is 4. The Kier molecular flexibility index (Phi) is 11.5. The molecule has 10 heteroatoms. The minimum absolute atomic E-state index is 0.466. The molecule has 0 amide bonds. The Morgan fingerprint density at radius 3 is 1.20 bits per heavy atom. The summed E-state index contributed by atoms with van der Waals surface area (Å²) in [6, 6.07) is 0. The number of carbonyl (C=O) groups excluding carboxylic acids is 2. The Bertz CT molecular complexity index is 295. The van der Waals surface area contributed by atoms with Gasteiger partial charge in [-0.05, 0) is 12.8 Å². The SMILES string of the molecule is O=C(SCCCCCCSC(=O)C(Cl)(Cl)Cl)C(Cl)(Cl)Cl. The van der Waals surface area contributed by atoms with E-state index in [-0.39, 0.29) is 0 Å². The van der Waals surface area contributed by atoms with Gasteiger partial charge in [0.1, 0.15) is 0 Å². The lowest BCUT2D eigenvalue weighted by molar-refractivity contribution is -0.111. The van der Waals surface area contributed by atoms with Crippen LogP contribution in [0.2, 0.25) is 0 Å². The molecule has 20 heavy (non-hydrogen) atoms. The fraction of sp³-hybridized carbons (Fsp3) is 0.800. The summed E-state index contributed by atoms with van der Waals surface area (Å²) in [4.78, 5) is 22.5. The van der Waals surface area contributed by atoms with E-state index in [0.717, 1.165) is 49.2 Å². The van der Waals surface area contributed by atoms with E-state index >= 15 is 0 Å². The number of halogens is 6. The summed E-state index contributed by atoms with van der Waals surface area (Å²) in [6.07, 6.45) is 3.51. The largest absolute Gasteiger partial charge is 0.282 e. The Balaban J connectivity index is 3.47. The van der Waals surface area contributed by atoms with Gasteiger partial charge in [0, 0.05) is 11.5 Å². The quantitative estimate of drug-likeness (QED) is 0.369. The predicted octanol–water partition coefficient (Wildman–Crippen LogP) is 5.81. The monoisotopic (exact) mass is 438 g/mol. The minimum atomic E-state index is -1.85. The zero-order valence-electron chi connectivity index (χ0n) is 10.1. The van der Waals surface area contributed by atoms with Crippen LogP contribution in [0.1, 0.15) is 25.7 Å². The molecule has 0 aliphatic heterocycles. The Morgan fingerprint density at radius 2 is 0.950 bits per heavy atom. The molecule has 0 radical (unpaired) electrons. The molecule has 0 aromatic rings. The summed E-state index contributed by atoms with van der Waals surface area (Å²) in [5, 5.41) is -0.933. The molecule has 118 valence electrons. The van der Waals surface area contributed by atoms with Gasteiger partial charge in [-0.25, -0.2) is 0 Å². The van der Waals surface area contributed by atoms with Crippen molar-refractivity contribution in [1.29, 1.82) is 0 Å². The number of thioether (sulfide) groups is 2. The van der Waals surface area contributed by atoms with Gasteiger partial charge in [-0.3, -0.25) is 9.59 Å². The lowest BCUT2D eigenvalue weighted by atomic mass is 10.2. The molecule has 0 N–H and O–H groups in total. The van der Waals surface area contributed by atoms with Gasteiger partial charge in [-0.15, -0.1) is 0 Å². The molecule has 0 aromatic heterocycles. The van der Waals surface area contributed by atoms with Crippen LogP contribution in [0.25, 0.3) is 0 Å². The first-order valence-corrected chi connectivity index (χ1v) is 9.77. The van der Waals surface area contributed by atoms with Crippen molar-refractivity contribution in [2.24, 2.45) is 0 Å². The number of unbranched alkanes of at least 4 members (excludes halogenated alkanes) is 3. The molecule has 0 aromatic carbocycles. The van der Waals surface area contributed by atoms with E-state index in [1.807, 2.05) is 0 Å². The second-order valence-electron chi connectivity index (χ2n) is 3.68. The smallest absolute Gasteiger partial charge is 0.259 e. The van der Waals surface area contributed by atoms with Crippen LogP contribution in [0.5, 0.6) is 0 Å². The highest BCUT2D eigenvalue weighted by Crippen LogP contribution is 2.33. The van der Waals surface area contributed by atoms with E-state index in [1.165, 1.54) is 0 Å². The fourth-order valence-electron chi connectivity index (χ4n) is 1.05. The molecule has 0 fully saturated rings. The zero-order valence-corrected chi connectivity index (χ0v) is 16.3. The molecule has 0 saturated carbocycles. The zero-order chi connectivity index (χ0) is 15.8. The average Bonchev–Trinajstić information content (AvgIpc) is 2.29. The first-order valence-electron chi connectivity index (χ1n) is 5.53. The normalized spacial score (nSPS) is 12.5. The first kappa shape index (κ1) is 21.8. The lowest BCUT2D eigenvalue weighted by Gasteiger charge is -2.09. The standard InChI is InChI=1S/C10H12Cl6O2S2/c11-9(12,13)7(17)19-5-3-1-2-4-6-20-8(18)10(14,15)16/h1-6H2. The second kappa shape index (κ2) is 10.5. The van der Waals surface area contributed by atoms with Gasteiger partial charge in [-0.1, -0.05) is 106 Å². The summed E-state index contributed by atoms with van der Waals surface area (Å²) in [7, 11) is 0. The van der Waals surface area contributed by atoms with Crippen LogP contribution in [0.15, 0.2) is 0 Å². The molecule has 2 nitrogen and oxygen atoms in total. The molecule has 0 spiro atoms. The minimum Gasteiger partial charge on any atom is -0.282 e. The van der Waals surface area contributed by atoms with Crippen molar-refractivity contribution in [1.82, 2.24) is 0 Å². The van der Waals surface area contributed by atoms with Gasteiger partial charge in [0.25, 0.3) is 7.59 Å². The van der Waals surface area contributed by atoms with Crippen LogP contribution in [-0.4, -0.2) is 29.3 Å². The fourth-order valence-corrected chi connectivity index (χ4v) is 3.43. The summed E-state index contributed by atoms with van der Waals surface area (Å²) < 4.78 is -3.70. The summed E-state index contributed by atoms with van der Waals surface area (Å²) >= 11 is 34.6. The highest BCUT2D eigenvalue weighted by Gasteiger charge is 2.31. The maximum absolute atomic E-state index is 11.3. The number of rotatable bonds is 7. The Labute approximate surface area is 156 Å². The van der Waals surface area contributed by atoms with E-state index in [0.29, 0.717) is 11.5 Å². The van der Waals surface area contributed by atoms with Crippen LogP contribution < -0.4 is 0 Å². The molecular weight excluding hydrogens is 429 g/mol. The van der Waals surface area contributed by atoms with Gasteiger partial charge < -0.3 is 0 Å². The molecule has 0 atom stereocenters. The summed E-state index contributed by atoms with van der Waals surface area (Å²) in [5.74, 6) is 1.21. The van der Waals surface area contributed by atoms with Crippen LogP contribution in [0.3, 0.4) is 0 Å². The maximum atomic E-state index is 11.3. The van der Waals surface area contributed by atoms with Crippen molar-refractivity contribution in [3.05, 3.63) is 0 Å². The molecule has 0 unspecified atom stereocenters. The molecular formula is C10H12Cl6O2S2. The molecule has 0 rings (SSSR count). The lowest BCUT2D eigenvalue weighted by Crippen LogP contribution is -2.15. The number of hydrogen-bond donors (Lipinski definition) is 0. The molecule has 0 saturated heterocycles. The third-order valence-corrected chi connectivity index (χ3v) is 5.79. The van der Waals surface area contributed by atoms with Crippen molar-refractivity contribution in [2.75, 3.05) is 11.5 Å². The van der Waals surface area contributed by atoms with E-state index in [2.05, 4.69) is 0 Å². The van der Waals surface area contributed by atoms with Crippen molar-refractivity contribution < 1.29 is 9.59 Å². The van der Waals surface area contributed by atoms with E-state index in [4.69, 9.17) is 69.6 Å². The summed E-state index contributed by atoms with van der Waals surface area (Å²) in [5.41, 5.74) is 0. The van der Waals surface area contributed by atoms with Gasteiger partial charge in [0.2, 0.25) is 10.2 Å². The average molecular weight is 441 g/mol. The Morgan fingerprint density at radius 1 is 0.650 bits per heavy atom. The van der Waals surface area contributed by atoms with E-state index < -0.39 is 17.8 Å². The highest BCUT2D eigenvalue weighted by molar-refractivity contribution is 8.14. The van der Waals surface area contributed by atoms with E-state index in [9.17, 15) is 9.59 Å². The molecule has 0 heterocycles. The van der Waals surface area contributed by atoms with Gasteiger partial charge in [-0.2, -0.15) is 0 Å². The molecule has 0 aliphatic carbocycles. The van der Waals surface area contributed by atoms with Crippen LogP contribution in [0, 0.1) is 0 Å².